The van der Waals surface area contributed by atoms with Crippen LogP contribution in [0.25, 0.3) is 0 Å². The van der Waals surface area contributed by atoms with Crippen LogP contribution in [0.15, 0.2) is 59.7 Å². The topological polar surface area (TPSA) is 83.8 Å². The fourth-order valence-corrected chi connectivity index (χ4v) is 4.79. The third-order valence-corrected chi connectivity index (χ3v) is 6.58. The number of aliphatic carboxylic acids is 1. The fraction of sp³-hybridized carbons (Fsp3) is 0.385. The summed E-state index contributed by atoms with van der Waals surface area (Å²) in [6.45, 7) is 6.05. The number of hydrazone groups is 1. The zero-order valence-electron chi connectivity index (χ0n) is 19.9. The Morgan fingerprint density at radius 2 is 1.81 bits per heavy atom. The van der Waals surface area contributed by atoms with Gasteiger partial charge >= 0.3 is 12.1 Å². The van der Waals surface area contributed by atoms with Gasteiger partial charge in [0.15, 0.2) is 17.2 Å². The molecule has 3 aliphatic rings. The number of carbonyl (C=O) groups is 1. The zero-order chi connectivity index (χ0) is 26.2. The monoisotopic (exact) mass is 517 g/mol. The summed E-state index contributed by atoms with van der Waals surface area (Å²) in [5.74, 6) is 0.854. The number of piperidine rings is 1. The quantitative estimate of drug-likeness (QED) is 0.598. The molecule has 5 rings (SSSR count). The normalized spacial score (nSPS) is 20.1. The summed E-state index contributed by atoms with van der Waals surface area (Å²) in [5.41, 5.74) is -0.201. The van der Waals surface area contributed by atoms with Crippen LogP contribution in [0.3, 0.4) is 0 Å². The summed E-state index contributed by atoms with van der Waals surface area (Å²) in [7, 11) is 0. The number of halogens is 3. The van der Waals surface area contributed by atoms with E-state index < -0.39 is 30.3 Å². The largest absolute Gasteiger partial charge is 0.490 e. The molecule has 0 bridgehead atoms. The van der Waals surface area contributed by atoms with Crippen molar-refractivity contribution in [2.24, 2.45) is 5.10 Å². The van der Waals surface area contributed by atoms with E-state index in [9.17, 15) is 23.1 Å². The number of ether oxygens (including phenoxy) is 3. The Labute approximate surface area is 211 Å². The Bertz CT molecular complexity index is 1210. The van der Waals surface area contributed by atoms with Crippen LogP contribution in [0.5, 0.6) is 17.2 Å². The molecule has 8 nitrogen and oxygen atoms in total. The van der Waals surface area contributed by atoms with Crippen LogP contribution in [-0.2, 0) is 4.79 Å². The van der Waals surface area contributed by atoms with Crippen LogP contribution in [0.1, 0.15) is 19.3 Å². The number of para-hydroxylation sites is 1. The first-order chi connectivity index (χ1) is 17.7. The molecule has 0 unspecified atom stereocenters. The number of fused-ring (bicyclic) bond motifs is 1. The second-order valence-corrected chi connectivity index (χ2v) is 9.03. The van der Waals surface area contributed by atoms with Crippen LogP contribution in [0.4, 0.5) is 24.5 Å². The highest BCUT2D eigenvalue weighted by molar-refractivity contribution is 6.08. The number of anilines is 2. The van der Waals surface area contributed by atoms with E-state index in [1.54, 1.807) is 24.3 Å². The molecule has 1 atom stereocenters. The lowest BCUT2D eigenvalue weighted by Gasteiger charge is -2.35. The minimum absolute atomic E-state index is 0.0278. The Hall–Kier alpha value is -3.89. The van der Waals surface area contributed by atoms with Gasteiger partial charge in [-0.3, -0.25) is 9.80 Å². The predicted octanol–water partition coefficient (Wildman–Crippen LogP) is 4.64. The van der Waals surface area contributed by atoms with Gasteiger partial charge in [-0.25, -0.2) is 0 Å². The van der Waals surface area contributed by atoms with Crippen LogP contribution in [0, 0.1) is 0 Å². The van der Waals surface area contributed by atoms with Crippen molar-refractivity contribution in [2.45, 2.75) is 37.6 Å². The smallest absolute Gasteiger partial charge is 0.435 e. The van der Waals surface area contributed by atoms with Gasteiger partial charge in [-0.05, 0) is 36.4 Å². The first-order valence-corrected chi connectivity index (χ1v) is 12.0. The van der Waals surface area contributed by atoms with E-state index in [0.717, 1.165) is 48.1 Å². The van der Waals surface area contributed by atoms with Gasteiger partial charge in [0.05, 0.1) is 23.8 Å². The molecule has 1 N–H and O–H groups in total. The van der Waals surface area contributed by atoms with Crippen LogP contribution >= 0.6 is 0 Å². The maximum absolute atomic E-state index is 13.4. The average Bonchev–Trinajstić information content (AvgIpc) is 3.20. The first-order valence-electron chi connectivity index (χ1n) is 12.0. The molecular weight excluding hydrogens is 491 g/mol. The first kappa shape index (κ1) is 24.8. The maximum Gasteiger partial charge on any atom is 0.435 e. The minimum atomic E-state index is -4.72. The molecule has 0 aromatic heterocycles. The lowest BCUT2D eigenvalue weighted by atomic mass is 10.0. The lowest BCUT2D eigenvalue weighted by Crippen LogP contribution is -2.38. The molecule has 37 heavy (non-hydrogen) atoms. The van der Waals surface area contributed by atoms with Crippen molar-refractivity contribution in [3.63, 3.8) is 0 Å². The van der Waals surface area contributed by atoms with Crippen molar-refractivity contribution in [2.75, 3.05) is 36.2 Å². The molecule has 0 radical (unpaired) electrons. The van der Waals surface area contributed by atoms with Gasteiger partial charge in [-0.2, -0.15) is 18.3 Å². The van der Waals surface area contributed by atoms with E-state index >= 15 is 0 Å². The van der Waals surface area contributed by atoms with Gasteiger partial charge in [0, 0.05) is 31.5 Å². The highest BCUT2D eigenvalue weighted by atomic mass is 19.4. The van der Waals surface area contributed by atoms with E-state index in [2.05, 4.69) is 16.6 Å². The van der Waals surface area contributed by atoms with Crippen molar-refractivity contribution in [3.05, 3.63) is 54.6 Å². The standard InChI is InChI=1S/C26H26F3N3O5/c1-16-21(15-23(33)34)32(30-25(16)26(27,28)29)17-5-7-18(8-6-17)37-19-9-11-31(12-10-19)20-3-2-4-22-24(20)36-14-13-35-22/h2-8,19,21H,1,9-15H2,(H,33,34)/t21-/m0/s1. The van der Waals surface area contributed by atoms with E-state index in [4.69, 9.17) is 14.2 Å². The van der Waals surface area contributed by atoms with Crippen molar-refractivity contribution in [1.82, 2.24) is 0 Å². The number of nitrogens with zero attached hydrogens (tertiary/aromatic N) is 3. The Morgan fingerprint density at radius 1 is 1.11 bits per heavy atom. The second-order valence-electron chi connectivity index (χ2n) is 9.03. The Kier molecular flexibility index (Phi) is 6.61. The molecule has 0 spiro atoms. The van der Waals surface area contributed by atoms with Gasteiger partial charge < -0.3 is 24.2 Å². The molecule has 0 amide bonds. The zero-order valence-corrected chi connectivity index (χ0v) is 19.9. The van der Waals surface area contributed by atoms with Crippen molar-refractivity contribution >= 4 is 23.1 Å². The molecule has 2 aromatic carbocycles. The summed E-state index contributed by atoms with van der Waals surface area (Å²) in [4.78, 5) is 13.5. The number of benzene rings is 2. The van der Waals surface area contributed by atoms with Crippen LogP contribution in [0.2, 0.25) is 0 Å². The number of alkyl halides is 3. The lowest BCUT2D eigenvalue weighted by molar-refractivity contribution is -0.137. The van der Waals surface area contributed by atoms with E-state index in [0.29, 0.717) is 24.7 Å². The van der Waals surface area contributed by atoms with Gasteiger partial charge in [-0.1, -0.05) is 12.6 Å². The SMILES string of the molecule is C=C1C(C(F)(F)F)=NN(c2ccc(OC3CCN(c4cccc5c4OCCO5)CC3)cc2)[C@H]1CC(=O)O. The highest BCUT2D eigenvalue weighted by Crippen LogP contribution is 2.41. The number of hydrogen-bond acceptors (Lipinski definition) is 7. The number of hydrogen-bond donors (Lipinski definition) is 1. The average molecular weight is 518 g/mol. The Balaban J connectivity index is 1.23. The molecule has 0 saturated carbocycles. The van der Waals surface area contributed by atoms with Gasteiger partial charge in [0.1, 0.15) is 25.1 Å². The van der Waals surface area contributed by atoms with E-state index in [1.807, 2.05) is 18.2 Å². The van der Waals surface area contributed by atoms with Crippen molar-refractivity contribution in [1.29, 1.82) is 0 Å². The van der Waals surface area contributed by atoms with E-state index in [-0.39, 0.29) is 11.7 Å². The molecule has 0 aliphatic carbocycles. The minimum Gasteiger partial charge on any atom is -0.490 e. The summed E-state index contributed by atoms with van der Waals surface area (Å²) < 4.78 is 57.7. The molecular formula is C26H26F3N3O5. The van der Waals surface area contributed by atoms with Crippen molar-refractivity contribution < 1.29 is 37.3 Å². The number of carboxylic acids is 1. The summed E-state index contributed by atoms with van der Waals surface area (Å²) >= 11 is 0. The van der Waals surface area contributed by atoms with E-state index in [1.165, 1.54) is 0 Å². The summed E-state index contributed by atoms with van der Waals surface area (Å²) in [6, 6.07) is 11.2. The number of rotatable bonds is 6. The maximum atomic E-state index is 13.4. The van der Waals surface area contributed by atoms with Gasteiger partial charge in [0.2, 0.25) is 0 Å². The highest BCUT2D eigenvalue weighted by Gasteiger charge is 2.46. The van der Waals surface area contributed by atoms with Crippen LogP contribution < -0.4 is 24.1 Å². The van der Waals surface area contributed by atoms with Gasteiger partial charge in [-0.15, -0.1) is 0 Å². The third-order valence-electron chi connectivity index (χ3n) is 6.58. The molecule has 3 aliphatic heterocycles. The summed E-state index contributed by atoms with van der Waals surface area (Å²) in [5, 5.41) is 13.9. The molecule has 1 saturated heterocycles. The van der Waals surface area contributed by atoms with Crippen LogP contribution in [-0.4, -0.2) is 61.4 Å². The third kappa shape index (κ3) is 5.16. The fourth-order valence-electron chi connectivity index (χ4n) is 4.79. The molecule has 11 heteroatoms. The molecule has 3 heterocycles. The second kappa shape index (κ2) is 9.87. The van der Waals surface area contributed by atoms with Crippen molar-refractivity contribution in [3.8, 4) is 17.2 Å². The molecule has 196 valence electrons. The summed E-state index contributed by atoms with van der Waals surface area (Å²) in [6.07, 6.45) is -3.75. The predicted molar refractivity (Wildman–Crippen MR) is 131 cm³/mol. The Morgan fingerprint density at radius 3 is 2.49 bits per heavy atom. The molecule has 1 fully saturated rings. The number of carboxylic acid groups (broad SMARTS) is 1. The van der Waals surface area contributed by atoms with Gasteiger partial charge in [0.25, 0.3) is 0 Å². The molecule has 2 aromatic rings.